The summed E-state index contributed by atoms with van der Waals surface area (Å²) in [6.45, 7) is 10.5. The third-order valence-corrected chi connectivity index (χ3v) is 5.04. The van der Waals surface area contributed by atoms with Crippen molar-refractivity contribution in [2.75, 3.05) is 0 Å². The molecule has 0 saturated heterocycles. The van der Waals surface area contributed by atoms with Crippen molar-refractivity contribution >= 4 is 16.9 Å². The van der Waals surface area contributed by atoms with Crippen molar-refractivity contribution in [3.05, 3.63) is 53.7 Å². The molecule has 4 heteroatoms. The number of fused-ring (bicyclic) bond motifs is 1. The summed E-state index contributed by atoms with van der Waals surface area (Å²) < 4.78 is 8.13. The summed E-state index contributed by atoms with van der Waals surface area (Å²) in [5.74, 6) is -0.417. The number of aromatic nitrogens is 1. The molecule has 2 aromatic carbocycles. The lowest BCUT2D eigenvalue weighted by Crippen LogP contribution is -2.37. The van der Waals surface area contributed by atoms with Crippen LogP contribution in [0.5, 0.6) is 5.75 Å². The third kappa shape index (κ3) is 3.44. The Bertz CT molecular complexity index is 998. The average Bonchev–Trinajstić information content (AvgIpc) is 2.87. The number of carboxylic acid groups (broad SMARTS) is 1. The normalized spacial score (nSPS) is 11.7. The number of aryl methyl sites for hydroxylation is 2. The van der Waals surface area contributed by atoms with Crippen LogP contribution < -0.4 is 4.74 Å². The first-order chi connectivity index (χ1) is 12.8. The van der Waals surface area contributed by atoms with E-state index >= 15 is 0 Å². The van der Waals surface area contributed by atoms with Crippen molar-refractivity contribution in [1.29, 1.82) is 0 Å². The van der Waals surface area contributed by atoms with Crippen molar-refractivity contribution in [3.8, 4) is 16.9 Å². The number of hydrogen-bond donors (Lipinski definition) is 1. The molecule has 0 aliphatic rings. The van der Waals surface area contributed by atoms with Gasteiger partial charge in [0.2, 0.25) is 0 Å². The highest BCUT2D eigenvalue weighted by molar-refractivity contribution is 5.99. The predicted octanol–water partition coefficient (Wildman–Crippen LogP) is 5.58. The largest absolute Gasteiger partial charge is 0.478 e. The Balaban J connectivity index is 2.24. The van der Waals surface area contributed by atoms with Crippen molar-refractivity contribution in [3.63, 3.8) is 0 Å². The Hall–Kier alpha value is -2.75. The van der Waals surface area contributed by atoms with Crippen LogP contribution in [-0.4, -0.2) is 21.2 Å². The number of ether oxygens (including phenoxy) is 1. The molecule has 0 saturated carbocycles. The summed E-state index contributed by atoms with van der Waals surface area (Å²) in [7, 11) is 0. The quantitative estimate of drug-likeness (QED) is 0.620. The SMILES string of the molecule is CCCn1c(C)c(-c2ccccc2C)c2cc(OC(C)(C)C(=O)O)ccc21. The molecule has 0 unspecified atom stereocenters. The van der Waals surface area contributed by atoms with Crippen molar-refractivity contribution in [2.45, 2.75) is 53.2 Å². The molecular formula is C23H27NO3. The Morgan fingerprint density at radius 2 is 1.85 bits per heavy atom. The van der Waals surface area contributed by atoms with Crippen LogP contribution in [0.1, 0.15) is 38.4 Å². The molecule has 0 spiro atoms. The van der Waals surface area contributed by atoms with Crippen LogP contribution in [0.25, 0.3) is 22.0 Å². The van der Waals surface area contributed by atoms with E-state index < -0.39 is 11.6 Å². The summed E-state index contributed by atoms with van der Waals surface area (Å²) in [5.41, 5.74) is 4.69. The molecule has 0 radical (unpaired) electrons. The van der Waals surface area contributed by atoms with Gasteiger partial charge in [-0.1, -0.05) is 31.2 Å². The second kappa shape index (κ2) is 7.10. The fourth-order valence-corrected chi connectivity index (χ4v) is 3.57. The van der Waals surface area contributed by atoms with E-state index in [-0.39, 0.29) is 0 Å². The number of rotatable bonds is 6. The summed E-state index contributed by atoms with van der Waals surface area (Å²) in [4.78, 5) is 11.4. The molecule has 27 heavy (non-hydrogen) atoms. The van der Waals surface area contributed by atoms with E-state index in [0.717, 1.165) is 23.9 Å². The van der Waals surface area contributed by atoms with Crippen LogP contribution in [0.4, 0.5) is 0 Å². The van der Waals surface area contributed by atoms with Gasteiger partial charge in [-0.25, -0.2) is 4.79 Å². The second-order valence-electron chi connectivity index (χ2n) is 7.52. The topological polar surface area (TPSA) is 51.5 Å². The van der Waals surface area contributed by atoms with Gasteiger partial charge in [0.15, 0.2) is 5.60 Å². The number of nitrogens with zero attached hydrogens (tertiary/aromatic N) is 1. The van der Waals surface area contributed by atoms with Gasteiger partial charge in [-0.05, 0) is 63.4 Å². The molecule has 0 bridgehead atoms. The van der Waals surface area contributed by atoms with Gasteiger partial charge in [0, 0.05) is 28.7 Å². The fourth-order valence-electron chi connectivity index (χ4n) is 3.57. The van der Waals surface area contributed by atoms with E-state index in [0.29, 0.717) is 5.75 Å². The van der Waals surface area contributed by atoms with Crippen molar-refractivity contribution in [2.24, 2.45) is 0 Å². The van der Waals surface area contributed by atoms with Gasteiger partial charge in [0.05, 0.1) is 0 Å². The van der Waals surface area contributed by atoms with Crippen LogP contribution in [0.2, 0.25) is 0 Å². The summed E-state index contributed by atoms with van der Waals surface area (Å²) in [6.07, 6.45) is 1.04. The summed E-state index contributed by atoms with van der Waals surface area (Å²) >= 11 is 0. The highest BCUT2D eigenvalue weighted by Crippen LogP contribution is 2.38. The van der Waals surface area contributed by atoms with Crippen LogP contribution in [-0.2, 0) is 11.3 Å². The Labute approximate surface area is 160 Å². The Morgan fingerprint density at radius 3 is 2.48 bits per heavy atom. The predicted molar refractivity (Wildman–Crippen MR) is 109 cm³/mol. The highest BCUT2D eigenvalue weighted by atomic mass is 16.5. The fraction of sp³-hybridized carbons (Fsp3) is 0.348. The molecule has 3 rings (SSSR count). The molecule has 0 amide bonds. The molecule has 1 N–H and O–H groups in total. The zero-order chi connectivity index (χ0) is 19.8. The molecule has 4 nitrogen and oxygen atoms in total. The maximum Gasteiger partial charge on any atom is 0.347 e. The molecule has 1 heterocycles. The molecule has 1 aromatic heterocycles. The van der Waals surface area contributed by atoms with Gasteiger partial charge in [0.25, 0.3) is 0 Å². The van der Waals surface area contributed by atoms with Gasteiger partial charge in [-0.3, -0.25) is 0 Å². The number of hydrogen-bond acceptors (Lipinski definition) is 2. The molecule has 142 valence electrons. The van der Waals surface area contributed by atoms with E-state index in [9.17, 15) is 9.90 Å². The first-order valence-electron chi connectivity index (χ1n) is 9.37. The highest BCUT2D eigenvalue weighted by Gasteiger charge is 2.29. The number of aliphatic carboxylic acids is 1. The smallest absolute Gasteiger partial charge is 0.347 e. The number of carbonyl (C=O) groups is 1. The zero-order valence-corrected chi connectivity index (χ0v) is 16.7. The maximum atomic E-state index is 11.4. The zero-order valence-electron chi connectivity index (χ0n) is 16.7. The van der Waals surface area contributed by atoms with Gasteiger partial charge >= 0.3 is 5.97 Å². The molecule has 0 aliphatic carbocycles. The van der Waals surface area contributed by atoms with Crippen molar-refractivity contribution < 1.29 is 14.6 Å². The Morgan fingerprint density at radius 1 is 1.15 bits per heavy atom. The van der Waals surface area contributed by atoms with Crippen LogP contribution in [0.3, 0.4) is 0 Å². The van der Waals surface area contributed by atoms with E-state index in [1.54, 1.807) is 13.8 Å². The van der Waals surface area contributed by atoms with E-state index in [2.05, 4.69) is 43.5 Å². The minimum atomic E-state index is -1.28. The second-order valence-corrected chi connectivity index (χ2v) is 7.52. The lowest BCUT2D eigenvalue weighted by Gasteiger charge is -2.21. The maximum absolute atomic E-state index is 11.4. The van der Waals surface area contributed by atoms with Gasteiger partial charge in [-0.15, -0.1) is 0 Å². The molecule has 3 aromatic rings. The van der Waals surface area contributed by atoms with Gasteiger partial charge < -0.3 is 14.4 Å². The van der Waals surface area contributed by atoms with Crippen LogP contribution >= 0.6 is 0 Å². The first-order valence-corrected chi connectivity index (χ1v) is 9.37. The lowest BCUT2D eigenvalue weighted by molar-refractivity contribution is -0.152. The minimum Gasteiger partial charge on any atom is -0.478 e. The van der Waals surface area contributed by atoms with Crippen LogP contribution in [0.15, 0.2) is 42.5 Å². The molecular weight excluding hydrogens is 338 g/mol. The summed E-state index contributed by atoms with van der Waals surface area (Å²) in [6, 6.07) is 14.2. The van der Waals surface area contributed by atoms with Crippen molar-refractivity contribution in [1.82, 2.24) is 4.57 Å². The van der Waals surface area contributed by atoms with Gasteiger partial charge in [0.1, 0.15) is 5.75 Å². The standard InChI is InChI=1S/C23H27NO3/c1-6-13-24-16(3)21(18-10-8-7-9-15(18)2)19-14-17(11-12-20(19)24)27-23(4,5)22(25)26/h7-12,14H,6,13H2,1-5H3,(H,25,26). The Kier molecular flexibility index (Phi) is 5.01. The van der Waals surface area contributed by atoms with Crippen LogP contribution in [0, 0.1) is 13.8 Å². The molecule has 0 aliphatic heterocycles. The first kappa shape index (κ1) is 19.0. The molecule has 0 atom stereocenters. The molecule has 0 fully saturated rings. The lowest BCUT2D eigenvalue weighted by atomic mass is 9.98. The third-order valence-electron chi connectivity index (χ3n) is 5.04. The minimum absolute atomic E-state index is 0.568. The van der Waals surface area contributed by atoms with E-state index in [1.165, 1.54) is 22.4 Å². The number of carboxylic acids is 1. The summed E-state index contributed by atoms with van der Waals surface area (Å²) in [5, 5.41) is 10.5. The number of benzene rings is 2. The van der Waals surface area contributed by atoms with E-state index in [1.807, 2.05) is 24.3 Å². The monoisotopic (exact) mass is 365 g/mol. The average molecular weight is 365 g/mol. The van der Waals surface area contributed by atoms with E-state index in [4.69, 9.17) is 4.74 Å². The van der Waals surface area contributed by atoms with Gasteiger partial charge in [-0.2, -0.15) is 0 Å².